The normalized spacial score (nSPS) is 14.8. The fourth-order valence-corrected chi connectivity index (χ4v) is 2.98. The first-order valence-electron chi connectivity index (χ1n) is 8.04. The lowest BCUT2D eigenvalue weighted by Crippen LogP contribution is -2.43. The Labute approximate surface area is 142 Å². The molecule has 0 aromatic heterocycles. The Morgan fingerprint density at radius 1 is 1.25 bits per heavy atom. The molecular weight excluding hydrogens is 308 g/mol. The van der Waals surface area contributed by atoms with Gasteiger partial charge in [0.1, 0.15) is 11.5 Å². The molecule has 6 heteroatoms. The summed E-state index contributed by atoms with van der Waals surface area (Å²) in [7, 11) is 3.14. The molecule has 0 aliphatic heterocycles. The number of carbonyl (C=O) groups excluding carboxylic acids is 2. The Bertz CT molecular complexity index is 621. The van der Waals surface area contributed by atoms with Gasteiger partial charge in [0.15, 0.2) is 0 Å². The summed E-state index contributed by atoms with van der Waals surface area (Å²) in [4.78, 5) is 25.4. The lowest BCUT2D eigenvalue weighted by Gasteiger charge is -2.26. The third-order valence-electron chi connectivity index (χ3n) is 4.22. The highest BCUT2D eigenvalue weighted by molar-refractivity contribution is 5.94. The summed E-state index contributed by atoms with van der Waals surface area (Å²) in [5, 5.41) is 0. The molecule has 0 spiro atoms. The zero-order chi connectivity index (χ0) is 17.5. The SMILES string of the molecule is COc1ccc(/C=C\C(=O)N(CC(N)=O)C2CCCC2)c(OC)c1. The van der Waals surface area contributed by atoms with Crippen LogP contribution in [0.5, 0.6) is 11.5 Å². The van der Waals surface area contributed by atoms with Gasteiger partial charge in [-0.3, -0.25) is 9.59 Å². The topological polar surface area (TPSA) is 81.9 Å². The summed E-state index contributed by atoms with van der Waals surface area (Å²) in [5.41, 5.74) is 6.05. The van der Waals surface area contributed by atoms with Gasteiger partial charge in [0.05, 0.1) is 20.8 Å². The lowest BCUT2D eigenvalue weighted by atomic mass is 10.1. The van der Waals surface area contributed by atoms with E-state index in [2.05, 4.69) is 0 Å². The molecule has 0 saturated heterocycles. The molecule has 1 aromatic rings. The Morgan fingerprint density at radius 2 is 1.96 bits per heavy atom. The lowest BCUT2D eigenvalue weighted by molar-refractivity contribution is -0.133. The van der Waals surface area contributed by atoms with E-state index in [1.165, 1.54) is 6.08 Å². The van der Waals surface area contributed by atoms with Crippen molar-refractivity contribution in [1.82, 2.24) is 4.90 Å². The first-order valence-corrected chi connectivity index (χ1v) is 8.04. The Hall–Kier alpha value is -2.50. The average molecular weight is 332 g/mol. The molecule has 2 rings (SSSR count). The number of carbonyl (C=O) groups is 2. The number of ether oxygens (including phenoxy) is 2. The van der Waals surface area contributed by atoms with Crippen molar-refractivity contribution in [3.8, 4) is 11.5 Å². The Morgan fingerprint density at radius 3 is 2.54 bits per heavy atom. The quantitative estimate of drug-likeness (QED) is 0.774. The van der Waals surface area contributed by atoms with Gasteiger partial charge in [-0.15, -0.1) is 0 Å². The van der Waals surface area contributed by atoms with Crippen molar-refractivity contribution in [2.24, 2.45) is 5.73 Å². The van der Waals surface area contributed by atoms with Crippen LogP contribution in [0, 0.1) is 0 Å². The van der Waals surface area contributed by atoms with Crippen LogP contribution in [0.1, 0.15) is 31.2 Å². The molecule has 0 bridgehead atoms. The van der Waals surface area contributed by atoms with Gasteiger partial charge in [-0.05, 0) is 31.1 Å². The molecule has 0 unspecified atom stereocenters. The molecule has 2 amide bonds. The van der Waals surface area contributed by atoms with Crippen LogP contribution in [0.4, 0.5) is 0 Å². The second-order valence-corrected chi connectivity index (χ2v) is 5.81. The first-order chi connectivity index (χ1) is 11.5. The minimum Gasteiger partial charge on any atom is -0.497 e. The summed E-state index contributed by atoms with van der Waals surface area (Å²) in [5.74, 6) is 0.585. The number of benzene rings is 1. The van der Waals surface area contributed by atoms with Gasteiger partial charge in [-0.2, -0.15) is 0 Å². The van der Waals surface area contributed by atoms with Crippen molar-refractivity contribution in [2.45, 2.75) is 31.7 Å². The maximum atomic E-state index is 12.5. The summed E-state index contributed by atoms with van der Waals surface area (Å²) < 4.78 is 10.5. The zero-order valence-electron chi connectivity index (χ0n) is 14.2. The van der Waals surface area contributed by atoms with Crippen LogP contribution in [-0.2, 0) is 9.59 Å². The van der Waals surface area contributed by atoms with Gasteiger partial charge in [0.2, 0.25) is 11.8 Å². The molecule has 0 radical (unpaired) electrons. The monoisotopic (exact) mass is 332 g/mol. The van der Waals surface area contributed by atoms with Gasteiger partial charge in [-0.25, -0.2) is 0 Å². The predicted octanol–water partition coefficient (Wildman–Crippen LogP) is 1.97. The number of amides is 2. The summed E-state index contributed by atoms with van der Waals surface area (Å²) in [6.07, 6.45) is 7.12. The number of nitrogens with two attached hydrogens (primary N) is 1. The van der Waals surface area contributed by atoms with E-state index in [0.717, 1.165) is 31.2 Å². The van der Waals surface area contributed by atoms with Crippen molar-refractivity contribution < 1.29 is 19.1 Å². The Balaban J connectivity index is 2.16. The molecule has 0 heterocycles. The second-order valence-electron chi connectivity index (χ2n) is 5.81. The molecule has 1 aromatic carbocycles. The maximum absolute atomic E-state index is 12.5. The highest BCUT2D eigenvalue weighted by Gasteiger charge is 2.26. The average Bonchev–Trinajstić information content (AvgIpc) is 3.11. The van der Waals surface area contributed by atoms with Crippen molar-refractivity contribution in [2.75, 3.05) is 20.8 Å². The van der Waals surface area contributed by atoms with Crippen molar-refractivity contribution in [1.29, 1.82) is 0 Å². The van der Waals surface area contributed by atoms with Gasteiger partial charge in [0, 0.05) is 23.7 Å². The van der Waals surface area contributed by atoms with Gasteiger partial charge in [-0.1, -0.05) is 12.8 Å². The van der Waals surface area contributed by atoms with Gasteiger partial charge in [0.25, 0.3) is 0 Å². The standard InChI is InChI=1S/C18H24N2O4/c1-23-15-9-7-13(16(11-15)24-2)8-10-18(22)20(12-17(19)21)14-5-3-4-6-14/h7-11,14H,3-6,12H2,1-2H3,(H2,19,21)/b10-8-. The molecule has 1 fully saturated rings. The van der Waals surface area contributed by atoms with Crippen LogP contribution in [0.3, 0.4) is 0 Å². The summed E-state index contributed by atoms with van der Waals surface area (Å²) in [6, 6.07) is 5.45. The molecule has 2 N–H and O–H groups in total. The van der Waals surface area contributed by atoms with E-state index in [1.54, 1.807) is 37.3 Å². The number of primary amides is 1. The highest BCUT2D eigenvalue weighted by Crippen LogP contribution is 2.26. The second kappa shape index (κ2) is 8.38. The molecule has 1 aliphatic carbocycles. The summed E-state index contributed by atoms with van der Waals surface area (Å²) in [6.45, 7) is -0.0480. The largest absolute Gasteiger partial charge is 0.497 e. The van der Waals surface area contributed by atoms with Crippen LogP contribution >= 0.6 is 0 Å². The summed E-state index contributed by atoms with van der Waals surface area (Å²) >= 11 is 0. The number of methoxy groups -OCH3 is 2. The van der Waals surface area contributed by atoms with E-state index in [9.17, 15) is 9.59 Å². The smallest absolute Gasteiger partial charge is 0.247 e. The van der Waals surface area contributed by atoms with Crippen molar-refractivity contribution in [3.63, 3.8) is 0 Å². The number of hydrogen-bond donors (Lipinski definition) is 1. The van der Waals surface area contributed by atoms with Crippen molar-refractivity contribution >= 4 is 17.9 Å². The molecule has 1 aliphatic rings. The van der Waals surface area contributed by atoms with E-state index < -0.39 is 5.91 Å². The molecule has 0 atom stereocenters. The fourth-order valence-electron chi connectivity index (χ4n) is 2.98. The van der Waals surface area contributed by atoms with Crippen LogP contribution in [0.2, 0.25) is 0 Å². The van der Waals surface area contributed by atoms with Crippen LogP contribution in [0.25, 0.3) is 6.08 Å². The molecule has 1 saturated carbocycles. The van der Waals surface area contributed by atoms with E-state index >= 15 is 0 Å². The van der Waals surface area contributed by atoms with Crippen molar-refractivity contribution in [3.05, 3.63) is 29.8 Å². The third kappa shape index (κ3) is 4.50. The van der Waals surface area contributed by atoms with E-state index in [1.807, 2.05) is 6.07 Å². The van der Waals surface area contributed by atoms with E-state index in [4.69, 9.17) is 15.2 Å². The molecular formula is C18H24N2O4. The number of hydrogen-bond acceptors (Lipinski definition) is 4. The fraction of sp³-hybridized carbons (Fsp3) is 0.444. The third-order valence-corrected chi connectivity index (χ3v) is 4.22. The first kappa shape index (κ1) is 17.8. The van der Waals surface area contributed by atoms with Gasteiger partial charge >= 0.3 is 0 Å². The van der Waals surface area contributed by atoms with Crippen LogP contribution < -0.4 is 15.2 Å². The minimum absolute atomic E-state index is 0.0480. The van der Waals surface area contributed by atoms with E-state index in [-0.39, 0.29) is 18.5 Å². The highest BCUT2D eigenvalue weighted by atomic mass is 16.5. The van der Waals surface area contributed by atoms with E-state index in [0.29, 0.717) is 11.5 Å². The van der Waals surface area contributed by atoms with Crippen LogP contribution in [0.15, 0.2) is 24.3 Å². The number of nitrogens with zero attached hydrogens (tertiary/aromatic N) is 1. The molecule has 6 nitrogen and oxygen atoms in total. The van der Waals surface area contributed by atoms with Gasteiger partial charge < -0.3 is 20.1 Å². The molecule has 24 heavy (non-hydrogen) atoms. The van der Waals surface area contributed by atoms with Crippen LogP contribution in [-0.4, -0.2) is 43.5 Å². The maximum Gasteiger partial charge on any atom is 0.247 e. The minimum atomic E-state index is -0.495. The molecule has 130 valence electrons. The number of rotatable bonds is 7. The zero-order valence-corrected chi connectivity index (χ0v) is 14.2. The Kier molecular flexibility index (Phi) is 6.23. The predicted molar refractivity (Wildman–Crippen MR) is 91.7 cm³/mol.